The number of carbonyl (C=O) groups excluding carboxylic acids is 2. The number of nitriles is 1. The van der Waals surface area contributed by atoms with Gasteiger partial charge in [-0.15, -0.1) is 0 Å². The lowest BCUT2D eigenvalue weighted by atomic mass is 9.93. The van der Waals surface area contributed by atoms with E-state index in [0.29, 0.717) is 35.1 Å². The maximum absolute atomic E-state index is 13.0. The highest BCUT2D eigenvalue weighted by Crippen LogP contribution is 2.28. The zero-order valence-corrected chi connectivity index (χ0v) is 19.0. The van der Waals surface area contributed by atoms with Crippen LogP contribution in [-0.4, -0.2) is 23.3 Å². The summed E-state index contributed by atoms with van der Waals surface area (Å²) in [5.74, 6) is -0.168. The van der Waals surface area contributed by atoms with Gasteiger partial charge in [0.1, 0.15) is 24.0 Å². The number of rotatable bonds is 8. The van der Waals surface area contributed by atoms with Crippen molar-refractivity contribution in [1.29, 1.82) is 5.26 Å². The Hall–Kier alpha value is -3.36. The number of unbranched alkanes of at least 4 members (excludes halogenated alkanes) is 2. The Morgan fingerprint density at radius 2 is 1.72 bits per heavy atom. The van der Waals surface area contributed by atoms with Crippen LogP contribution in [0.5, 0.6) is 5.75 Å². The number of amides is 2. The molecule has 0 radical (unpaired) electrons. The fourth-order valence-electron chi connectivity index (χ4n) is 3.43. The predicted octanol–water partition coefficient (Wildman–Crippen LogP) is 5.70. The fourth-order valence-corrected chi connectivity index (χ4v) is 3.55. The van der Waals surface area contributed by atoms with Crippen molar-refractivity contribution in [2.75, 3.05) is 6.54 Å². The van der Waals surface area contributed by atoms with Crippen molar-refractivity contribution < 1.29 is 14.3 Å². The molecule has 1 heterocycles. The van der Waals surface area contributed by atoms with Gasteiger partial charge in [-0.3, -0.25) is 14.5 Å². The number of nitrogens with zero attached hydrogens (tertiary/aromatic N) is 2. The number of carbonyl (C=O) groups is 2. The van der Waals surface area contributed by atoms with Crippen LogP contribution in [0.2, 0.25) is 5.02 Å². The predicted molar refractivity (Wildman–Crippen MR) is 125 cm³/mol. The van der Waals surface area contributed by atoms with Gasteiger partial charge in [-0.2, -0.15) is 5.26 Å². The van der Waals surface area contributed by atoms with Gasteiger partial charge in [0.25, 0.3) is 11.8 Å². The summed E-state index contributed by atoms with van der Waals surface area (Å²) in [7, 11) is 0. The number of imide groups is 1. The van der Waals surface area contributed by atoms with Crippen LogP contribution in [0, 0.1) is 11.3 Å². The van der Waals surface area contributed by atoms with Crippen LogP contribution in [0.1, 0.15) is 44.2 Å². The monoisotopic (exact) mass is 448 g/mol. The number of hydrogen-bond acceptors (Lipinski definition) is 4. The number of benzene rings is 2. The maximum atomic E-state index is 13.0. The summed E-state index contributed by atoms with van der Waals surface area (Å²) in [6, 6.07) is 16.8. The summed E-state index contributed by atoms with van der Waals surface area (Å²) in [4.78, 5) is 26.8. The molecule has 1 aliphatic rings. The Kier molecular flexibility index (Phi) is 7.86. The first-order chi connectivity index (χ1) is 15.4. The van der Waals surface area contributed by atoms with Gasteiger partial charge >= 0.3 is 0 Å². The van der Waals surface area contributed by atoms with Crippen LogP contribution in [-0.2, 0) is 16.2 Å². The van der Waals surface area contributed by atoms with Gasteiger partial charge in [0.05, 0.1) is 0 Å². The summed E-state index contributed by atoms with van der Waals surface area (Å²) in [6.45, 7) is 4.43. The van der Waals surface area contributed by atoms with Crippen molar-refractivity contribution in [3.8, 4) is 11.8 Å². The number of halogens is 1. The minimum absolute atomic E-state index is 0.0234. The highest BCUT2D eigenvalue weighted by Gasteiger charge is 2.34. The SMILES string of the molecule is CCCCCN1C(=O)C(C#N)=C(C)/C(=C\c2ccc(OCc3ccc(Cl)cc3)cc2)C1=O. The van der Waals surface area contributed by atoms with Crippen LogP contribution in [0.4, 0.5) is 0 Å². The molecule has 0 unspecified atom stereocenters. The van der Waals surface area contributed by atoms with Crippen LogP contribution in [0.3, 0.4) is 0 Å². The molecule has 0 fully saturated rings. The zero-order valence-electron chi connectivity index (χ0n) is 18.2. The van der Waals surface area contributed by atoms with Crippen molar-refractivity contribution in [1.82, 2.24) is 4.90 Å². The van der Waals surface area contributed by atoms with E-state index in [4.69, 9.17) is 16.3 Å². The Labute approximate surface area is 193 Å². The van der Waals surface area contributed by atoms with E-state index in [0.717, 1.165) is 30.4 Å². The van der Waals surface area contributed by atoms with Crippen molar-refractivity contribution >= 4 is 29.5 Å². The minimum Gasteiger partial charge on any atom is -0.489 e. The van der Waals surface area contributed by atoms with E-state index < -0.39 is 5.91 Å². The molecule has 3 rings (SSSR count). The smallest absolute Gasteiger partial charge is 0.271 e. The molecule has 1 aliphatic heterocycles. The molecule has 0 aliphatic carbocycles. The number of hydrogen-bond donors (Lipinski definition) is 0. The van der Waals surface area contributed by atoms with Gasteiger partial charge in [-0.05, 0) is 60.4 Å². The van der Waals surface area contributed by atoms with Crippen molar-refractivity contribution in [3.05, 3.63) is 81.4 Å². The molecule has 5 nitrogen and oxygen atoms in total. The highest BCUT2D eigenvalue weighted by molar-refractivity contribution is 6.30. The average molecular weight is 449 g/mol. The molecule has 0 saturated carbocycles. The zero-order chi connectivity index (χ0) is 23.1. The van der Waals surface area contributed by atoms with E-state index in [-0.39, 0.29) is 11.5 Å². The van der Waals surface area contributed by atoms with E-state index in [1.54, 1.807) is 13.0 Å². The Morgan fingerprint density at radius 1 is 1.03 bits per heavy atom. The molecule has 2 aromatic carbocycles. The first-order valence-corrected chi connectivity index (χ1v) is 11.0. The summed E-state index contributed by atoms with van der Waals surface area (Å²) >= 11 is 5.90. The van der Waals surface area contributed by atoms with Crippen molar-refractivity contribution in [2.45, 2.75) is 39.7 Å². The molecule has 2 aromatic rings. The molecular weight excluding hydrogens is 424 g/mol. The van der Waals surface area contributed by atoms with E-state index in [2.05, 4.69) is 6.92 Å². The van der Waals surface area contributed by atoms with E-state index in [1.807, 2.05) is 54.6 Å². The van der Waals surface area contributed by atoms with Crippen LogP contribution >= 0.6 is 11.6 Å². The van der Waals surface area contributed by atoms with Gasteiger partial charge in [-0.25, -0.2) is 0 Å². The van der Waals surface area contributed by atoms with Gasteiger partial charge in [0.15, 0.2) is 0 Å². The first kappa shape index (κ1) is 23.3. The molecule has 0 N–H and O–H groups in total. The largest absolute Gasteiger partial charge is 0.489 e. The van der Waals surface area contributed by atoms with Gasteiger partial charge < -0.3 is 4.74 Å². The molecular formula is C26H25ClN2O3. The lowest BCUT2D eigenvalue weighted by Crippen LogP contribution is -2.43. The molecule has 0 aromatic heterocycles. The third kappa shape index (κ3) is 5.46. The summed E-state index contributed by atoms with van der Waals surface area (Å²) < 4.78 is 5.80. The summed E-state index contributed by atoms with van der Waals surface area (Å²) in [6.07, 6.45) is 4.33. The van der Waals surface area contributed by atoms with Crippen LogP contribution in [0.25, 0.3) is 6.08 Å². The lowest BCUT2D eigenvalue weighted by Gasteiger charge is -2.27. The lowest BCUT2D eigenvalue weighted by molar-refractivity contribution is -0.140. The molecule has 0 saturated heterocycles. The molecule has 0 atom stereocenters. The molecule has 164 valence electrons. The first-order valence-electron chi connectivity index (χ1n) is 10.6. The van der Waals surface area contributed by atoms with Gasteiger partial charge in [-0.1, -0.05) is 55.6 Å². The Bertz CT molecular complexity index is 1090. The summed E-state index contributed by atoms with van der Waals surface area (Å²) in [5, 5.41) is 10.2. The van der Waals surface area contributed by atoms with Gasteiger partial charge in [0.2, 0.25) is 0 Å². The Morgan fingerprint density at radius 3 is 2.34 bits per heavy atom. The third-order valence-electron chi connectivity index (χ3n) is 5.32. The molecule has 6 heteroatoms. The standard InChI is InChI=1S/C26H25ClN2O3/c1-3-4-5-14-29-25(30)23(18(2)24(16-28)26(29)31)15-19-8-12-22(13-9-19)32-17-20-6-10-21(27)11-7-20/h6-13,15H,3-5,14,17H2,1-2H3/b23-15+. The second-order valence-corrected chi connectivity index (χ2v) is 8.06. The molecule has 2 amide bonds. The highest BCUT2D eigenvalue weighted by atomic mass is 35.5. The normalized spacial score (nSPS) is 15.3. The maximum Gasteiger partial charge on any atom is 0.271 e. The molecule has 32 heavy (non-hydrogen) atoms. The second kappa shape index (κ2) is 10.8. The molecule has 0 bridgehead atoms. The van der Waals surface area contributed by atoms with E-state index >= 15 is 0 Å². The van der Waals surface area contributed by atoms with E-state index in [9.17, 15) is 14.9 Å². The second-order valence-electron chi connectivity index (χ2n) is 7.62. The third-order valence-corrected chi connectivity index (χ3v) is 5.57. The summed E-state index contributed by atoms with van der Waals surface area (Å²) in [5.41, 5.74) is 2.60. The molecule has 0 spiro atoms. The quantitative estimate of drug-likeness (QED) is 0.295. The van der Waals surface area contributed by atoms with Crippen molar-refractivity contribution in [3.63, 3.8) is 0 Å². The van der Waals surface area contributed by atoms with Crippen LogP contribution < -0.4 is 4.74 Å². The fraction of sp³-hybridized carbons (Fsp3) is 0.269. The topological polar surface area (TPSA) is 70.4 Å². The van der Waals surface area contributed by atoms with Gasteiger partial charge in [0, 0.05) is 17.1 Å². The Balaban J connectivity index is 1.78. The van der Waals surface area contributed by atoms with Crippen LogP contribution in [0.15, 0.2) is 65.3 Å². The minimum atomic E-state index is -0.505. The average Bonchev–Trinajstić information content (AvgIpc) is 2.80. The van der Waals surface area contributed by atoms with E-state index in [1.165, 1.54) is 4.90 Å². The number of ether oxygens (including phenoxy) is 1. The van der Waals surface area contributed by atoms with Crippen molar-refractivity contribution in [2.24, 2.45) is 0 Å².